The fraction of sp³-hybridized carbons (Fsp3) is 0.654. The van der Waals surface area contributed by atoms with Crippen LogP contribution in [-0.2, 0) is 27.4 Å². The number of carboxylic acids is 1. The van der Waals surface area contributed by atoms with Crippen molar-refractivity contribution >= 4 is 18.0 Å². The van der Waals surface area contributed by atoms with Crippen LogP contribution in [0.2, 0.25) is 0 Å². The van der Waals surface area contributed by atoms with Gasteiger partial charge in [0, 0.05) is 31.6 Å². The van der Waals surface area contributed by atoms with Crippen molar-refractivity contribution < 1.29 is 28.6 Å². The molecule has 2 unspecified atom stereocenters. The fourth-order valence-electron chi connectivity index (χ4n) is 7.90. The second-order valence-corrected chi connectivity index (χ2v) is 11.5. The van der Waals surface area contributed by atoms with Crippen LogP contribution in [0.3, 0.4) is 0 Å². The van der Waals surface area contributed by atoms with Gasteiger partial charge >= 0.3 is 12.1 Å². The number of rotatable bonds is 5. The first-order chi connectivity index (χ1) is 16.7. The summed E-state index contributed by atoms with van der Waals surface area (Å²) in [6, 6.07) is 3.88. The normalized spacial score (nSPS) is 34.8. The van der Waals surface area contributed by atoms with Crippen molar-refractivity contribution in [1.29, 1.82) is 0 Å². The Balaban J connectivity index is 1.12. The topological polar surface area (TPSA) is 99.2 Å². The highest BCUT2D eigenvalue weighted by Crippen LogP contribution is 2.59. The zero-order chi connectivity index (χ0) is 24.4. The summed E-state index contributed by atoms with van der Waals surface area (Å²) in [4.78, 5) is 40.8. The van der Waals surface area contributed by atoms with Crippen LogP contribution in [-0.4, -0.2) is 63.1 Å². The van der Waals surface area contributed by atoms with E-state index in [9.17, 15) is 23.9 Å². The first-order valence-electron chi connectivity index (χ1n) is 12.8. The van der Waals surface area contributed by atoms with Crippen LogP contribution in [0.1, 0.15) is 62.5 Å². The number of carbonyl (C=O) groups excluding carboxylic acids is 2. The Morgan fingerprint density at radius 2 is 1.86 bits per heavy atom. The lowest BCUT2D eigenvalue weighted by Gasteiger charge is -2.61. The number of ether oxygens (including phenoxy) is 1. The first kappa shape index (κ1) is 22.8. The number of likely N-dealkylation sites (tertiary alicyclic amines) is 1. The van der Waals surface area contributed by atoms with Crippen molar-refractivity contribution in [3.8, 4) is 0 Å². The van der Waals surface area contributed by atoms with E-state index in [1.807, 2.05) is 0 Å². The summed E-state index contributed by atoms with van der Waals surface area (Å²) in [6.45, 7) is 1.54. The van der Waals surface area contributed by atoms with E-state index in [2.05, 4.69) is 5.32 Å². The Morgan fingerprint density at radius 3 is 2.60 bits per heavy atom. The highest BCUT2D eigenvalue weighted by Gasteiger charge is 2.60. The number of nitrogens with one attached hydrogen (secondary N) is 1. The van der Waals surface area contributed by atoms with Gasteiger partial charge in [-0.05, 0) is 80.0 Å². The van der Waals surface area contributed by atoms with Crippen molar-refractivity contribution in [2.24, 2.45) is 11.8 Å². The average molecular weight is 486 g/mol. The quantitative estimate of drug-likeness (QED) is 0.665. The molecule has 188 valence electrons. The van der Waals surface area contributed by atoms with Crippen molar-refractivity contribution in [3.63, 3.8) is 0 Å². The molecule has 3 atom stereocenters. The van der Waals surface area contributed by atoms with Gasteiger partial charge < -0.3 is 20.1 Å². The minimum absolute atomic E-state index is 0.00948. The second-order valence-electron chi connectivity index (χ2n) is 11.5. The highest BCUT2D eigenvalue weighted by atomic mass is 19.1. The minimum Gasteiger partial charge on any atom is -0.480 e. The summed E-state index contributed by atoms with van der Waals surface area (Å²) >= 11 is 0. The van der Waals surface area contributed by atoms with Crippen LogP contribution >= 0.6 is 0 Å². The van der Waals surface area contributed by atoms with E-state index in [0.29, 0.717) is 50.7 Å². The molecular formula is C26H32FN3O5. The number of hydrogen-bond acceptors (Lipinski definition) is 5. The lowest BCUT2D eigenvalue weighted by atomic mass is 9.51. The number of hydrogen-bond donors (Lipinski definition) is 2. The van der Waals surface area contributed by atoms with Crippen molar-refractivity contribution in [2.75, 3.05) is 13.1 Å². The van der Waals surface area contributed by atoms with Crippen LogP contribution in [0, 0.1) is 17.7 Å². The van der Waals surface area contributed by atoms with Gasteiger partial charge in [0.2, 0.25) is 5.91 Å². The number of fused-ring (bicyclic) bond motifs is 1. The molecule has 4 saturated carbocycles. The van der Waals surface area contributed by atoms with Crippen molar-refractivity contribution in [1.82, 2.24) is 15.1 Å². The van der Waals surface area contributed by atoms with Gasteiger partial charge in [-0.3, -0.25) is 9.69 Å². The largest absolute Gasteiger partial charge is 0.480 e. The molecule has 0 aromatic heterocycles. The van der Waals surface area contributed by atoms with Crippen LogP contribution in [0.25, 0.3) is 0 Å². The van der Waals surface area contributed by atoms with Gasteiger partial charge in [0.15, 0.2) is 0 Å². The molecule has 2 N–H and O–H groups in total. The van der Waals surface area contributed by atoms with Gasteiger partial charge in [-0.15, -0.1) is 0 Å². The van der Waals surface area contributed by atoms with Gasteiger partial charge in [0.25, 0.3) is 0 Å². The molecule has 35 heavy (non-hydrogen) atoms. The third-order valence-electron chi connectivity index (χ3n) is 8.94. The van der Waals surface area contributed by atoms with E-state index in [1.54, 1.807) is 11.0 Å². The third kappa shape index (κ3) is 4.07. The van der Waals surface area contributed by atoms with Gasteiger partial charge in [-0.25, -0.2) is 14.0 Å². The molecule has 0 spiro atoms. The molecule has 4 bridgehead atoms. The molecule has 5 fully saturated rings. The van der Waals surface area contributed by atoms with Crippen molar-refractivity contribution in [3.05, 3.63) is 35.1 Å². The zero-order valence-electron chi connectivity index (χ0n) is 19.8. The van der Waals surface area contributed by atoms with Crippen LogP contribution in [0.15, 0.2) is 18.2 Å². The maximum atomic E-state index is 13.6. The molecule has 9 heteroatoms. The highest BCUT2D eigenvalue weighted by molar-refractivity contribution is 5.81. The number of carbonyl (C=O) groups is 3. The Kier molecular flexibility index (Phi) is 5.32. The van der Waals surface area contributed by atoms with E-state index < -0.39 is 23.7 Å². The predicted octanol–water partition coefficient (Wildman–Crippen LogP) is 3.03. The number of carboxylic acid groups (broad SMARTS) is 1. The van der Waals surface area contributed by atoms with Crippen LogP contribution in [0.5, 0.6) is 0 Å². The number of nitrogens with zero attached hydrogens (tertiary/aromatic N) is 2. The smallest absolute Gasteiger partial charge is 0.411 e. The summed E-state index contributed by atoms with van der Waals surface area (Å²) in [5, 5.41) is 13.0. The molecule has 7 rings (SSSR count). The van der Waals surface area contributed by atoms with E-state index in [4.69, 9.17) is 4.74 Å². The second kappa shape index (κ2) is 8.18. The molecule has 6 aliphatic rings. The van der Waals surface area contributed by atoms with E-state index in [-0.39, 0.29) is 23.8 Å². The summed E-state index contributed by atoms with van der Waals surface area (Å²) < 4.78 is 19.7. The Hall–Kier alpha value is -2.68. The summed E-state index contributed by atoms with van der Waals surface area (Å²) in [5.41, 5.74) is 1.00. The van der Waals surface area contributed by atoms with Crippen LogP contribution < -0.4 is 5.32 Å². The van der Waals surface area contributed by atoms with Gasteiger partial charge in [-0.2, -0.15) is 0 Å². The maximum Gasteiger partial charge on any atom is 0.411 e. The van der Waals surface area contributed by atoms with Gasteiger partial charge in [0.1, 0.15) is 17.5 Å². The fourth-order valence-corrected chi connectivity index (χ4v) is 7.90. The number of halogens is 1. The number of benzene rings is 1. The summed E-state index contributed by atoms with van der Waals surface area (Å²) in [6.07, 6.45) is 5.94. The predicted molar refractivity (Wildman–Crippen MR) is 123 cm³/mol. The molecule has 8 nitrogen and oxygen atoms in total. The lowest BCUT2D eigenvalue weighted by Crippen LogP contribution is -2.66. The lowest BCUT2D eigenvalue weighted by molar-refractivity contribution is -0.156. The molecule has 1 saturated heterocycles. The molecule has 0 radical (unpaired) electrons. The monoisotopic (exact) mass is 485 g/mol. The standard InChI is InChI=1S/C26H32FN3O5/c27-20-4-3-18-13-29(14-19(18)7-20)22(31)12-28-25-8-16-6-17(9-25)11-26(10-16,15-25)35-24(34)30-5-1-2-21(30)23(32)33/h3-4,7,16-17,21,28H,1-2,5-6,8-15H2,(H,32,33)/t16?,17?,21-,25?,26?/m0/s1. The first-order valence-corrected chi connectivity index (χ1v) is 12.8. The van der Waals surface area contributed by atoms with Crippen molar-refractivity contribution in [2.45, 2.75) is 81.6 Å². The summed E-state index contributed by atoms with van der Waals surface area (Å²) in [5.74, 6) is -0.412. The van der Waals surface area contributed by atoms with Gasteiger partial charge in [-0.1, -0.05) is 6.07 Å². The maximum absolute atomic E-state index is 13.6. The number of amides is 2. The SMILES string of the molecule is O=C(O)[C@@H]1CCCN1C(=O)OC12CC3CC(CC(NCC(=O)N4Cc5ccc(F)cc5C4)(C3)C1)C2. The molecular weight excluding hydrogens is 453 g/mol. The summed E-state index contributed by atoms with van der Waals surface area (Å²) in [7, 11) is 0. The molecule has 2 aliphatic heterocycles. The molecule has 2 heterocycles. The molecule has 2 amide bonds. The van der Waals surface area contributed by atoms with E-state index in [1.165, 1.54) is 17.0 Å². The van der Waals surface area contributed by atoms with E-state index >= 15 is 0 Å². The average Bonchev–Trinajstić information content (AvgIpc) is 3.43. The number of aliphatic carboxylic acids is 1. The molecule has 1 aromatic carbocycles. The van der Waals surface area contributed by atoms with E-state index in [0.717, 1.165) is 43.2 Å². The van der Waals surface area contributed by atoms with Crippen LogP contribution in [0.4, 0.5) is 9.18 Å². The Morgan fingerprint density at radius 1 is 1.11 bits per heavy atom. The molecule has 1 aromatic rings. The zero-order valence-corrected chi connectivity index (χ0v) is 19.8. The van der Waals surface area contributed by atoms with Gasteiger partial charge in [0.05, 0.1) is 6.54 Å². The minimum atomic E-state index is -0.978. The Labute approximate surface area is 203 Å². The third-order valence-corrected chi connectivity index (χ3v) is 8.94. The molecule has 4 aliphatic carbocycles. The Bertz CT molecular complexity index is 1060.